The molecule has 1 saturated heterocycles. The molecular weight excluding hydrogens is 280 g/mol. The maximum absolute atomic E-state index is 12.3. The lowest BCUT2D eigenvalue weighted by atomic mass is 9.98. The molecule has 1 aliphatic heterocycles. The number of carboxylic acid groups (broad SMARTS) is 1. The van der Waals surface area contributed by atoms with Crippen molar-refractivity contribution in [1.29, 1.82) is 0 Å². The van der Waals surface area contributed by atoms with Gasteiger partial charge >= 0.3 is 5.97 Å². The number of hydrogen-bond acceptors (Lipinski definition) is 5. The lowest BCUT2D eigenvalue weighted by Crippen LogP contribution is -2.54. The van der Waals surface area contributed by atoms with Gasteiger partial charge < -0.3 is 15.2 Å². The zero-order valence-electron chi connectivity index (χ0n) is 11.3. The molecule has 6 nitrogen and oxygen atoms in total. The van der Waals surface area contributed by atoms with Gasteiger partial charge in [0.25, 0.3) is 5.91 Å². The van der Waals surface area contributed by atoms with Gasteiger partial charge in [0.2, 0.25) is 5.88 Å². The SMILES string of the molecule is COc1nc(C)ccc1C(=O)NC1(C(=O)O)CCSC1. The molecule has 0 radical (unpaired) electrons. The van der Waals surface area contributed by atoms with Crippen molar-refractivity contribution in [2.75, 3.05) is 18.6 Å². The van der Waals surface area contributed by atoms with Crippen molar-refractivity contribution in [2.24, 2.45) is 0 Å². The van der Waals surface area contributed by atoms with Gasteiger partial charge in [-0.3, -0.25) is 4.79 Å². The summed E-state index contributed by atoms with van der Waals surface area (Å²) in [7, 11) is 1.43. The van der Waals surface area contributed by atoms with Gasteiger partial charge in [-0.05, 0) is 31.2 Å². The van der Waals surface area contributed by atoms with Crippen molar-refractivity contribution in [2.45, 2.75) is 18.9 Å². The fourth-order valence-electron chi connectivity index (χ4n) is 2.03. The molecule has 2 heterocycles. The summed E-state index contributed by atoms with van der Waals surface area (Å²) in [6.07, 6.45) is 0.417. The summed E-state index contributed by atoms with van der Waals surface area (Å²) in [5.74, 6) is -0.186. The van der Waals surface area contributed by atoms with Crippen LogP contribution in [0.15, 0.2) is 12.1 Å². The summed E-state index contributed by atoms with van der Waals surface area (Å²) in [5.41, 5.74) is -0.226. The maximum atomic E-state index is 12.3. The molecule has 1 atom stereocenters. The van der Waals surface area contributed by atoms with Gasteiger partial charge in [0.1, 0.15) is 11.1 Å². The number of rotatable bonds is 4. The molecular formula is C13H16N2O4S. The Morgan fingerprint density at radius 3 is 2.80 bits per heavy atom. The topological polar surface area (TPSA) is 88.5 Å². The van der Waals surface area contributed by atoms with E-state index in [-0.39, 0.29) is 11.4 Å². The molecule has 20 heavy (non-hydrogen) atoms. The minimum atomic E-state index is -1.20. The largest absolute Gasteiger partial charge is 0.480 e. The number of aliphatic carboxylic acids is 1. The Morgan fingerprint density at radius 1 is 1.50 bits per heavy atom. The average Bonchev–Trinajstić information content (AvgIpc) is 2.88. The van der Waals surface area contributed by atoms with Crippen LogP contribution in [0.1, 0.15) is 22.5 Å². The standard InChI is InChI=1S/C13H16N2O4S/c1-8-3-4-9(11(14-8)19-2)10(16)15-13(12(17)18)5-6-20-7-13/h3-4H,5-7H2,1-2H3,(H,15,16)(H,17,18). The highest BCUT2D eigenvalue weighted by Crippen LogP contribution is 2.29. The Morgan fingerprint density at radius 2 is 2.25 bits per heavy atom. The van der Waals surface area contributed by atoms with Crippen molar-refractivity contribution < 1.29 is 19.4 Å². The minimum Gasteiger partial charge on any atom is -0.480 e. The van der Waals surface area contributed by atoms with E-state index in [1.54, 1.807) is 19.1 Å². The molecule has 0 spiro atoms. The van der Waals surface area contributed by atoms with Crippen LogP contribution < -0.4 is 10.1 Å². The van der Waals surface area contributed by atoms with Gasteiger partial charge in [0.15, 0.2) is 0 Å². The number of carbonyl (C=O) groups excluding carboxylic acids is 1. The number of aryl methyl sites for hydroxylation is 1. The van der Waals surface area contributed by atoms with Crippen LogP contribution in [0, 0.1) is 6.92 Å². The summed E-state index contributed by atoms with van der Waals surface area (Å²) in [5, 5.41) is 12.0. The Bertz CT molecular complexity index is 541. The van der Waals surface area contributed by atoms with E-state index in [1.165, 1.54) is 18.9 Å². The Labute approximate surface area is 120 Å². The number of carboxylic acids is 1. The molecule has 0 bridgehead atoms. The van der Waals surface area contributed by atoms with Crippen molar-refractivity contribution in [3.8, 4) is 5.88 Å². The van der Waals surface area contributed by atoms with Gasteiger partial charge in [-0.2, -0.15) is 11.8 Å². The number of nitrogens with zero attached hydrogens (tertiary/aromatic N) is 1. The van der Waals surface area contributed by atoms with E-state index in [9.17, 15) is 14.7 Å². The first-order chi connectivity index (χ1) is 9.48. The van der Waals surface area contributed by atoms with Crippen LogP contribution >= 0.6 is 11.8 Å². The predicted octanol–water partition coefficient (Wildman–Crippen LogP) is 1.09. The first kappa shape index (κ1) is 14.6. The summed E-state index contributed by atoms with van der Waals surface area (Å²) in [6.45, 7) is 1.79. The number of aromatic nitrogens is 1. The van der Waals surface area contributed by atoms with E-state index >= 15 is 0 Å². The highest BCUT2D eigenvalue weighted by atomic mass is 32.2. The van der Waals surface area contributed by atoms with Gasteiger partial charge in [-0.25, -0.2) is 9.78 Å². The highest BCUT2D eigenvalue weighted by molar-refractivity contribution is 7.99. The number of thioether (sulfide) groups is 1. The molecule has 0 saturated carbocycles. The molecule has 1 amide bonds. The number of carbonyl (C=O) groups is 2. The third-order valence-corrected chi connectivity index (χ3v) is 4.41. The molecule has 1 aromatic rings. The van der Waals surface area contributed by atoms with Crippen LogP contribution in [0.25, 0.3) is 0 Å². The number of hydrogen-bond donors (Lipinski definition) is 2. The molecule has 108 valence electrons. The van der Waals surface area contributed by atoms with Gasteiger partial charge in [0.05, 0.1) is 7.11 Å². The molecule has 2 N–H and O–H groups in total. The summed E-state index contributed by atoms with van der Waals surface area (Å²) >= 11 is 1.52. The first-order valence-corrected chi connectivity index (χ1v) is 7.29. The van der Waals surface area contributed by atoms with E-state index in [1.807, 2.05) is 0 Å². The van der Waals surface area contributed by atoms with Crippen molar-refractivity contribution in [1.82, 2.24) is 10.3 Å². The van der Waals surface area contributed by atoms with Crippen molar-refractivity contribution in [3.05, 3.63) is 23.4 Å². The fraction of sp³-hybridized carbons (Fsp3) is 0.462. The average molecular weight is 296 g/mol. The van der Waals surface area contributed by atoms with Crippen LogP contribution in [0.5, 0.6) is 5.88 Å². The Balaban J connectivity index is 2.26. The van der Waals surface area contributed by atoms with Gasteiger partial charge in [-0.1, -0.05) is 0 Å². The minimum absolute atomic E-state index is 0.202. The van der Waals surface area contributed by atoms with Gasteiger partial charge in [-0.15, -0.1) is 0 Å². The van der Waals surface area contributed by atoms with Crippen LogP contribution in [-0.4, -0.2) is 46.1 Å². The normalized spacial score (nSPS) is 21.5. The second-order valence-electron chi connectivity index (χ2n) is 4.65. The second-order valence-corrected chi connectivity index (χ2v) is 5.76. The monoisotopic (exact) mass is 296 g/mol. The summed E-state index contributed by atoms with van der Waals surface area (Å²) in [4.78, 5) is 27.8. The molecule has 0 aliphatic carbocycles. The van der Waals surface area contributed by atoms with E-state index in [0.29, 0.717) is 12.2 Å². The molecule has 7 heteroatoms. The number of amides is 1. The van der Waals surface area contributed by atoms with Crippen molar-refractivity contribution >= 4 is 23.6 Å². The van der Waals surface area contributed by atoms with Crippen molar-refractivity contribution in [3.63, 3.8) is 0 Å². The zero-order valence-corrected chi connectivity index (χ0v) is 12.1. The van der Waals surface area contributed by atoms with Crippen LogP contribution in [0.3, 0.4) is 0 Å². The van der Waals surface area contributed by atoms with E-state index in [4.69, 9.17) is 4.74 Å². The lowest BCUT2D eigenvalue weighted by molar-refractivity contribution is -0.143. The quantitative estimate of drug-likeness (QED) is 0.864. The van der Waals surface area contributed by atoms with Crippen LogP contribution in [0.4, 0.5) is 0 Å². The summed E-state index contributed by atoms with van der Waals surface area (Å²) < 4.78 is 5.08. The van der Waals surface area contributed by atoms with Crippen LogP contribution in [-0.2, 0) is 4.79 Å². The lowest BCUT2D eigenvalue weighted by Gasteiger charge is -2.24. The Hall–Kier alpha value is -1.76. The zero-order chi connectivity index (χ0) is 14.8. The Kier molecular flexibility index (Phi) is 4.17. The molecule has 1 aromatic heterocycles. The summed E-state index contributed by atoms with van der Waals surface area (Å²) in [6, 6.07) is 3.28. The molecule has 1 unspecified atom stereocenters. The van der Waals surface area contributed by atoms with E-state index in [0.717, 1.165) is 11.4 Å². The molecule has 1 aliphatic rings. The second kappa shape index (κ2) is 5.70. The third-order valence-electron chi connectivity index (χ3n) is 3.22. The van der Waals surface area contributed by atoms with Crippen LogP contribution in [0.2, 0.25) is 0 Å². The van der Waals surface area contributed by atoms with E-state index in [2.05, 4.69) is 10.3 Å². The number of nitrogens with one attached hydrogen (secondary N) is 1. The first-order valence-electron chi connectivity index (χ1n) is 6.14. The number of methoxy groups -OCH3 is 1. The van der Waals surface area contributed by atoms with E-state index < -0.39 is 17.4 Å². The predicted molar refractivity (Wildman–Crippen MR) is 75.3 cm³/mol. The maximum Gasteiger partial charge on any atom is 0.330 e. The van der Waals surface area contributed by atoms with Gasteiger partial charge in [0, 0.05) is 11.4 Å². The smallest absolute Gasteiger partial charge is 0.330 e. The molecule has 0 aromatic carbocycles. The highest BCUT2D eigenvalue weighted by Gasteiger charge is 2.43. The fourth-order valence-corrected chi connectivity index (χ4v) is 3.36. The molecule has 2 rings (SSSR count). The third kappa shape index (κ3) is 2.72. The number of pyridine rings is 1. The molecule has 1 fully saturated rings. The number of ether oxygens (including phenoxy) is 1.